The average Bonchev–Trinajstić information content (AvgIpc) is 3.26. The second-order valence-corrected chi connectivity index (χ2v) is 7.05. The predicted octanol–water partition coefficient (Wildman–Crippen LogP) is 3.66. The van der Waals surface area contributed by atoms with Gasteiger partial charge in [0.1, 0.15) is 12.6 Å². The topological polar surface area (TPSA) is 71.7 Å². The van der Waals surface area contributed by atoms with Crippen molar-refractivity contribution >= 4 is 6.03 Å². The van der Waals surface area contributed by atoms with Crippen LogP contribution in [0.4, 0.5) is 4.79 Å². The Bertz CT molecular complexity index is 763. The van der Waals surface area contributed by atoms with Gasteiger partial charge in [-0.2, -0.15) is 5.06 Å². The Balaban J connectivity index is 1.45. The zero-order chi connectivity index (χ0) is 18.1. The van der Waals surface area contributed by atoms with E-state index in [4.69, 9.17) is 9.25 Å². The molecule has 2 aliphatic rings. The Labute approximate surface area is 152 Å². The van der Waals surface area contributed by atoms with Gasteiger partial charge >= 0.3 is 6.03 Å². The van der Waals surface area contributed by atoms with E-state index in [0.29, 0.717) is 24.9 Å². The summed E-state index contributed by atoms with van der Waals surface area (Å²) >= 11 is 0. The van der Waals surface area contributed by atoms with Crippen LogP contribution >= 0.6 is 0 Å². The third-order valence-electron chi connectivity index (χ3n) is 5.31. The summed E-state index contributed by atoms with van der Waals surface area (Å²) in [5, 5.41) is 9.90. The van der Waals surface area contributed by atoms with Crippen LogP contribution in [-0.4, -0.2) is 38.8 Å². The van der Waals surface area contributed by atoms with E-state index < -0.39 is 0 Å². The highest BCUT2D eigenvalue weighted by atomic mass is 16.7. The minimum Gasteiger partial charge on any atom is -0.423 e. The summed E-state index contributed by atoms with van der Waals surface area (Å²) in [5.74, 6) is 1.41. The van der Waals surface area contributed by atoms with E-state index >= 15 is 0 Å². The fraction of sp³-hybridized carbons (Fsp3) is 0.526. The number of hydrogen-bond donors (Lipinski definition) is 0. The van der Waals surface area contributed by atoms with Gasteiger partial charge in [0.2, 0.25) is 11.8 Å². The normalized spacial score (nSPS) is 23.5. The number of hydroxylamine groups is 2. The molecule has 0 saturated carbocycles. The summed E-state index contributed by atoms with van der Waals surface area (Å²) in [6, 6.07) is 9.69. The highest BCUT2D eigenvalue weighted by Crippen LogP contribution is 2.38. The van der Waals surface area contributed by atoms with Gasteiger partial charge in [-0.3, -0.25) is 4.84 Å². The van der Waals surface area contributed by atoms with Gasteiger partial charge in [-0.05, 0) is 24.8 Å². The standard InChI is InChI=1S/C19H24N4O3/c1-3-13(2)17-20-21-18(26-17)16-10-9-15-11-22(16)19(24)23(15)25-12-14-7-5-4-6-8-14/h4-8,13,15-16H,3,9-12H2,1-2H3/t13?,15-,16+/m1/s1. The van der Waals surface area contributed by atoms with Crippen molar-refractivity contribution in [3.63, 3.8) is 0 Å². The van der Waals surface area contributed by atoms with Gasteiger partial charge in [0.05, 0.1) is 6.04 Å². The van der Waals surface area contributed by atoms with Crippen molar-refractivity contribution in [2.75, 3.05) is 6.54 Å². The van der Waals surface area contributed by atoms with Crippen LogP contribution < -0.4 is 0 Å². The van der Waals surface area contributed by atoms with Crippen molar-refractivity contribution in [1.82, 2.24) is 20.2 Å². The molecular weight excluding hydrogens is 332 g/mol. The monoisotopic (exact) mass is 356 g/mol. The molecular formula is C19H24N4O3. The molecule has 1 unspecified atom stereocenters. The van der Waals surface area contributed by atoms with Crippen LogP contribution in [0.25, 0.3) is 0 Å². The quantitative estimate of drug-likeness (QED) is 0.790. The molecule has 26 heavy (non-hydrogen) atoms. The number of amides is 2. The van der Waals surface area contributed by atoms with Gasteiger partial charge in [-0.25, -0.2) is 4.79 Å². The lowest BCUT2D eigenvalue weighted by molar-refractivity contribution is -0.140. The Hall–Kier alpha value is -2.41. The maximum Gasteiger partial charge on any atom is 0.345 e. The van der Waals surface area contributed by atoms with Crippen LogP contribution in [0.15, 0.2) is 34.7 Å². The van der Waals surface area contributed by atoms with Gasteiger partial charge in [0.25, 0.3) is 0 Å². The minimum absolute atomic E-state index is 0.0828. The summed E-state index contributed by atoms with van der Waals surface area (Å²) in [4.78, 5) is 20.5. The number of piperidine rings is 1. The molecule has 3 atom stereocenters. The summed E-state index contributed by atoms with van der Waals surface area (Å²) in [5.41, 5.74) is 1.04. The number of hydrogen-bond acceptors (Lipinski definition) is 5. The van der Waals surface area contributed by atoms with Gasteiger partial charge in [0, 0.05) is 12.5 Å². The molecule has 0 aliphatic carbocycles. The van der Waals surface area contributed by atoms with Crippen LogP contribution in [0.3, 0.4) is 0 Å². The minimum atomic E-state index is -0.158. The summed E-state index contributed by atoms with van der Waals surface area (Å²) in [6.45, 7) is 5.18. The molecule has 2 amide bonds. The van der Waals surface area contributed by atoms with E-state index in [0.717, 1.165) is 24.8 Å². The SMILES string of the molecule is CCC(C)c1nnc([C@@H]2CC[C@@H]3CN2C(=O)N3OCc2ccccc2)o1. The Morgan fingerprint density at radius 1 is 1.27 bits per heavy atom. The molecule has 2 saturated heterocycles. The number of benzene rings is 1. The van der Waals surface area contributed by atoms with E-state index in [9.17, 15) is 4.79 Å². The second kappa shape index (κ2) is 7.07. The lowest BCUT2D eigenvalue weighted by Crippen LogP contribution is -2.34. The molecule has 4 rings (SSSR count). The molecule has 0 spiro atoms. The molecule has 7 nitrogen and oxygen atoms in total. The summed E-state index contributed by atoms with van der Waals surface area (Å²) in [6.07, 6.45) is 2.62. The second-order valence-electron chi connectivity index (χ2n) is 7.05. The number of rotatable bonds is 6. The summed E-state index contributed by atoms with van der Waals surface area (Å²) in [7, 11) is 0. The molecule has 138 valence electrons. The Kier molecular flexibility index (Phi) is 4.63. The average molecular weight is 356 g/mol. The lowest BCUT2D eigenvalue weighted by atomic mass is 10.0. The molecule has 3 heterocycles. The van der Waals surface area contributed by atoms with Crippen molar-refractivity contribution in [3.05, 3.63) is 47.7 Å². The first-order valence-corrected chi connectivity index (χ1v) is 9.27. The number of nitrogens with zero attached hydrogens (tertiary/aromatic N) is 4. The van der Waals surface area contributed by atoms with Gasteiger partial charge in [-0.15, -0.1) is 10.2 Å². The zero-order valence-corrected chi connectivity index (χ0v) is 15.2. The number of carbonyl (C=O) groups is 1. The smallest absolute Gasteiger partial charge is 0.345 e. The van der Waals surface area contributed by atoms with E-state index in [1.807, 2.05) is 30.3 Å². The van der Waals surface area contributed by atoms with Gasteiger partial charge < -0.3 is 9.32 Å². The molecule has 2 aliphatic heterocycles. The maximum atomic E-state index is 12.8. The first-order valence-electron chi connectivity index (χ1n) is 9.27. The molecule has 0 N–H and O–H groups in total. The Morgan fingerprint density at radius 3 is 2.85 bits per heavy atom. The third-order valence-corrected chi connectivity index (χ3v) is 5.31. The van der Waals surface area contributed by atoms with Crippen LogP contribution in [0.5, 0.6) is 0 Å². The number of carbonyl (C=O) groups excluding carboxylic acids is 1. The van der Waals surface area contributed by atoms with Crippen LogP contribution in [0.1, 0.15) is 62.4 Å². The van der Waals surface area contributed by atoms with Gasteiger partial charge in [0.15, 0.2) is 0 Å². The Morgan fingerprint density at radius 2 is 2.08 bits per heavy atom. The van der Waals surface area contributed by atoms with Crippen molar-refractivity contribution in [2.45, 2.75) is 57.7 Å². The largest absolute Gasteiger partial charge is 0.423 e. The number of aromatic nitrogens is 2. The molecule has 2 aromatic rings. The predicted molar refractivity (Wildman–Crippen MR) is 93.9 cm³/mol. The number of urea groups is 1. The molecule has 7 heteroatoms. The van der Waals surface area contributed by atoms with E-state index in [-0.39, 0.29) is 24.0 Å². The van der Waals surface area contributed by atoms with Crippen molar-refractivity contribution in [1.29, 1.82) is 0 Å². The van der Waals surface area contributed by atoms with Gasteiger partial charge in [-0.1, -0.05) is 44.2 Å². The maximum absolute atomic E-state index is 12.8. The van der Waals surface area contributed by atoms with Crippen molar-refractivity contribution in [3.8, 4) is 0 Å². The van der Waals surface area contributed by atoms with Crippen LogP contribution in [-0.2, 0) is 11.4 Å². The zero-order valence-electron chi connectivity index (χ0n) is 15.2. The third kappa shape index (κ3) is 3.07. The fourth-order valence-corrected chi connectivity index (χ4v) is 3.53. The van der Waals surface area contributed by atoms with E-state index in [2.05, 4.69) is 24.0 Å². The summed E-state index contributed by atoms with van der Waals surface area (Å²) < 4.78 is 5.86. The highest BCUT2D eigenvalue weighted by Gasteiger charge is 2.47. The molecule has 1 aromatic carbocycles. The molecule has 2 bridgehead atoms. The molecule has 1 aromatic heterocycles. The number of fused-ring (bicyclic) bond motifs is 2. The first-order chi connectivity index (χ1) is 12.7. The fourth-order valence-electron chi connectivity index (χ4n) is 3.53. The van der Waals surface area contributed by atoms with Crippen molar-refractivity contribution < 1.29 is 14.0 Å². The lowest BCUT2D eigenvalue weighted by Gasteiger charge is -2.27. The molecule has 0 radical (unpaired) electrons. The highest BCUT2D eigenvalue weighted by molar-refractivity contribution is 5.77. The first kappa shape index (κ1) is 17.0. The van der Waals surface area contributed by atoms with Crippen LogP contribution in [0.2, 0.25) is 0 Å². The van der Waals surface area contributed by atoms with E-state index in [1.54, 1.807) is 4.90 Å². The molecule has 2 fully saturated rings. The van der Waals surface area contributed by atoms with E-state index in [1.165, 1.54) is 5.06 Å². The van der Waals surface area contributed by atoms with Crippen molar-refractivity contribution in [2.24, 2.45) is 0 Å². The van der Waals surface area contributed by atoms with Crippen LogP contribution in [0, 0.1) is 0 Å².